The number of nitrogens with zero attached hydrogens (tertiary/aromatic N) is 6. The van der Waals surface area contributed by atoms with Crippen molar-refractivity contribution in [1.29, 1.82) is 0 Å². The molecule has 1 saturated heterocycles. The third kappa shape index (κ3) is 2.99. The first-order valence-electron chi connectivity index (χ1n) is 8.49. The Morgan fingerprint density at radius 3 is 3.04 bits per heavy atom. The zero-order valence-corrected chi connectivity index (χ0v) is 14.5. The zero-order chi connectivity index (χ0) is 18.1. The number of hydrogen-bond acceptors (Lipinski definition) is 5. The molecule has 1 fully saturated rings. The standard InChI is InChI=1S/C18H19N7O/c1-3-17(26)21-14-5-4-8-24(11-14)18-16-6-7-19-25(16)12-15(22-18)13-9-20-23(2)10-13/h1,6-7,9-10,12,14H,4-5,8,11H2,2H3,(H,21,26). The first-order valence-corrected chi connectivity index (χ1v) is 8.49. The van der Waals surface area contributed by atoms with E-state index in [2.05, 4.69) is 26.3 Å². The van der Waals surface area contributed by atoms with E-state index in [1.165, 1.54) is 0 Å². The highest BCUT2D eigenvalue weighted by molar-refractivity contribution is 5.93. The van der Waals surface area contributed by atoms with Crippen LogP contribution in [0, 0.1) is 12.3 Å². The molecule has 4 heterocycles. The van der Waals surface area contributed by atoms with Crippen molar-refractivity contribution in [2.24, 2.45) is 7.05 Å². The van der Waals surface area contributed by atoms with Gasteiger partial charge in [0, 0.05) is 37.9 Å². The molecule has 0 spiro atoms. The molecule has 3 aromatic rings. The van der Waals surface area contributed by atoms with Crippen molar-refractivity contribution in [2.45, 2.75) is 18.9 Å². The van der Waals surface area contributed by atoms with E-state index in [0.717, 1.165) is 42.0 Å². The lowest BCUT2D eigenvalue weighted by Gasteiger charge is -2.34. The van der Waals surface area contributed by atoms with Gasteiger partial charge in [-0.1, -0.05) is 0 Å². The summed E-state index contributed by atoms with van der Waals surface area (Å²) in [6.07, 6.45) is 14.4. The maximum Gasteiger partial charge on any atom is 0.295 e. The number of aryl methyl sites for hydroxylation is 1. The molecule has 1 amide bonds. The van der Waals surface area contributed by atoms with Crippen LogP contribution in [0.15, 0.2) is 30.9 Å². The van der Waals surface area contributed by atoms with Crippen molar-refractivity contribution in [3.63, 3.8) is 0 Å². The van der Waals surface area contributed by atoms with E-state index in [-0.39, 0.29) is 11.9 Å². The monoisotopic (exact) mass is 349 g/mol. The normalized spacial score (nSPS) is 17.2. The second-order valence-corrected chi connectivity index (χ2v) is 6.42. The Bertz CT molecular complexity index is 997. The number of nitrogens with one attached hydrogen (secondary N) is 1. The number of carbonyl (C=O) groups excluding carboxylic acids is 1. The van der Waals surface area contributed by atoms with Crippen LogP contribution < -0.4 is 10.2 Å². The molecule has 3 aromatic heterocycles. The number of aromatic nitrogens is 5. The predicted octanol–water partition coefficient (Wildman–Crippen LogP) is 0.848. The average Bonchev–Trinajstić information content (AvgIpc) is 3.29. The highest BCUT2D eigenvalue weighted by Crippen LogP contribution is 2.27. The number of carbonyl (C=O) groups is 1. The van der Waals surface area contributed by atoms with Gasteiger partial charge in [-0.3, -0.25) is 9.48 Å². The summed E-state index contributed by atoms with van der Waals surface area (Å²) >= 11 is 0. The van der Waals surface area contributed by atoms with Crippen LogP contribution in [0.4, 0.5) is 5.82 Å². The van der Waals surface area contributed by atoms with Crippen LogP contribution in [-0.2, 0) is 11.8 Å². The Balaban J connectivity index is 1.70. The molecule has 0 bridgehead atoms. The summed E-state index contributed by atoms with van der Waals surface area (Å²) in [6, 6.07) is 1.96. The van der Waals surface area contributed by atoms with E-state index < -0.39 is 0 Å². The Morgan fingerprint density at radius 2 is 2.27 bits per heavy atom. The average molecular weight is 349 g/mol. The summed E-state index contributed by atoms with van der Waals surface area (Å²) in [6.45, 7) is 1.53. The number of amides is 1. The second-order valence-electron chi connectivity index (χ2n) is 6.42. The summed E-state index contributed by atoms with van der Waals surface area (Å²) in [5, 5.41) is 11.5. The molecule has 1 aliphatic rings. The molecule has 8 heteroatoms. The summed E-state index contributed by atoms with van der Waals surface area (Å²) < 4.78 is 3.57. The molecule has 4 rings (SSSR count). The van der Waals surface area contributed by atoms with Gasteiger partial charge in [0.2, 0.25) is 0 Å². The molecule has 0 saturated carbocycles. The molecule has 1 atom stereocenters. The van der Waals surface area contributed by atoms with Crippen LogP contribution in [0.3, 0.4) is 0 Å². The lowest BCUT2D eigenvalue weighted by molar-refractivity contribution is -0.116. The van der Waals surface area contributed by atoms with Crippen molar-refractivity contribution in [2.75, 3.05) is 18.0 Å². The minimum absolute atomic E-state index is 0.0131. The van der Waals surface area contributed by atoms with Gasteiger partial charge in [0.1, 0.15) is 5.52 Å². The molecule has 0 aliphatic carbocycles. The topological polar surface area (TPSA) is 80.4 Å². The molecule has 1 N–H and O–H groups in total. The minimum Gasteiger partial charge on any atom is -0.353 e. The largest absolute Gasteiger partial charge is 0.353 e. The number of anilines is 1. The molecule has 0 aromatic carbocycles. The van der Waals surface area contributed by atoms with Gasteiger partial charge in [0.25, 0.3) is 5.91 Å². The van der Waals surface area contributed by atoms with Gasteiger partial charge in [0.05, 0.1) is 24.3 Å². The number of fused-ring (bicyclic) bond motifs is 1. The molecule has 132 valence electrons. The van der Waals surface area contributed by atoms with Crippen molar-refractivity contribution >= 4 is 17.2 Å². The van der Waals surface area contributed by atoms with E-state index in [9.17, 15) is 4.79 Å². The molecule has 8 nitrogen and oxygen atoms in total. The van der Waals surface area contributed by atoms with Gasteiger partial charge in [-0.2, -0.15) is 10.2 Å². The molecular weight excluding hydrogens is 330 g/mol. The predicted molar refractivity (Wildman–Crippen MR) is 97.4 cm³/mol. The number of rotatable bonds is 3. The van der Waals surface area contributed by atoms with Crippen molar-refractivity contribution in [3.05, 3.63) is 30.9 Å². The fraction of sp³-hybridized carbons (Fsp3) is 0.333. The van der Waals surface area contributed by atoms with E-state index in [1.807, 2.05) is 30.0 Å². The van der Waals surface area contributed by atoms with Crippen molar-refractivity contribution in [1.82, 2.24) is 29.7 Å². The second kappa shape index (κ2) is 6.52. The van der Waals surface area contributed by atoms with Gasteiger partial charge in [0.15, 0.2) is 5.82 Å². The van der Waals surface area contributed by atoms with E-state index in [4.69, 9.17) is 11.4 Å². The quantitative estimate of drug-likeness (QED) is 0.709. The Kier molecular flexibility index (Phi) is 4.05. The van der Waals surface area contributed by atoms with Crippen LogP contribution in [-0.4, -0.2) is 49.4 Å². The van der Waals surface area contributed by atoms with E-state index in [1.54, 1.807) is 17.1 Å². The molecule has 26 heavy (non-hydrogen) atoms. The van der Waals surface area contributed by atoms with Crippen molar-refractivity contribution < 1.29 is 4.79 Å². The summed E-state index contributed by atoms with van der Waals surface area (Å²) in [5.74, 6) is 2.60. The van der Waals surface area contributed by atoms with Gasteiger partial charge in [-0.05, 0) is 24.8 Å². The van der Waals surface area contributed by atoms with Gasteiger partial charge in [-0.25, -0.2) is 9.50 Å². The van der Waals surface area contributed by atoms with Crippen LogP contribution in [0.1, 0.15) is 12.8 Å². The maximum absolute atomic E-state index is 11.5. The van der Waals surface area contributed by atoms with Gasteiger partial charge in [-0.15, -0.1) is 6.42 Å². The van der Waals surface area contributed by atoms with Gasteiger partial charge < -0.3 is 10.2 Å². The van der Waals surface area contributed by atoms with E-state index >= 15 is 0 Å². The smallest absolute Gasteiger partial charge is 0.295 e. The Hall–Kier alpha value is -3.34. The lowest BCUT2D eigenvalue weighted by atomic mass is 10.1. The third-order valence-corrected chi connectivity index (χ3v) is 4.56. The van der Waals surface area contributed by atoms with Crippen LogP contribution in [0.5, 0.6) is 0 Å². The first-order chi connectivity index (χ1) is 12.6. The zero-order valence-electron chi connectivity index (χ0n) is 14.5. The molecule has 0 radical (unpaired) electrons. The van der Waals surface area contributed by atoms with Crippen molar-refractivity contribution in [3.8, 4) is 23.6 Å². The summed E-state index contributed by atoms with van der Waals surface area (Å²) in [7, 11) is 1.88. The Morgan fingerprint density at radius 1 is 1.38 bits per heavy atom. The highest BCUT2D eigenvalue weighted by Gasteiger charge is 2.24. The minimum atomic E-state index is -0.372. The molecule has 1 aliphatic heterocycles. The number of terminal acetylenes is 1. The van der Waals surface area contributed by atoms with Crippen LogP contribution in [0.2, 0.25) is 0 Å². The lowest BCUT2D eigenvalue weighted by Crippen LogP contribution is -2.47. The number of hydrogen-bond donors (Lipinski definition) is 1. The summed E-state index contributed by atoms with van der Waals surface area (Å²) in [5.41, 5.74) is 2.67. The molecular formula is C18H19N7O. The van der Waals surface area contributed by atoms with E-state index in [0.29, 0.717) is 6.54 Å². The van der Waals surface area contributed by atoms with Gasteiger partial charge >= 0.3 is 0 Å². The highest BCUT2D eigenvalue weighted by atomic mass is 16.1. The Labute approximate surface area is 150 Å². The fourth-order valence-corrected chi connectivity index (χ4v) is 3.35. The SMILES string of the molecule is C#CC(=O)NC1CCCN(c2nc(-c3cnn(C)c3)cn3nccc23)C1. The third-order valence-electron chi connectivity index (χ3n) is 4.56. The first kappa shape index (κ1) is 16.1. The van der Waals surface area contributed by atoms with Crippen LogP contribution in [0.25, 0.3) is 16.8 Å². The van der Waals surface area contributed by atoms with Crippen LogP contribution >= 0.6 is 0 Å². The molecule has 1 unspecified atom stereocenters. The summed E-state index contributed by atoms with van der Waals surface area (Å²) in [4.78, 5) is 18.6. The fourth-order valence-electron chi connectivity index (χ4n) is 3.35. The number of piperidine rings is 1. The maximum atomic E-state index is 11.5.